The van der Waals surface area contributed by atoms with Crippen LogP contribution in [0.2, 0.25) is 0 Å². The SMILES string of the molecule is CCN(CC)S(=O)(=O)c1ccc2c(c1)nc(CCC(=O)NCC(C)(C)N1CCCCC1)n2C. The maximum Gasteiger partial charge on any atom is 0.243 e. The number of nitrogens with one attached hydrogen (secondary N) is 1. The number of hydrogen-bond donors (Lipinski definition) is 1. The average molecular weight is 478 g/mol. The van der Waals surface area contributed by atoms with E-state index in [0.29, 0.717) is 38.0 Å². The van der Waals surface area contributed by atoms with Crippen molar-refractivity contribution in [2.75, 3.05) is 32.7 Å². The Kier molecular flexibility index (Phi) is 8.18. The Labute approximate surface area is 198 Å². The highest BCUT2D eigenvalue weighted by Gasteiger charge is 2.28. The zero-order valence-electron chi connectivity index (χ0n) is 20.7. The van der Waals surface area contributed by atoms with Crippen LogP contribution in [0.15, 0.2) is 23.1 Å². The Bertz CT molecular complexity index is 1070. The fourth-order valence-corrected chi connectivity index (χ4v) is 6.04. The van der Waals surface area contributed by atoms with Crippen LogP contribution in [0.25, 0.3) is 11.0 Å². The molecule has 0 atom stereocenters. The number of nitrogens with zero attached hydrogens (tertiary/aromatic N) is 4. The molecule has 0 spiro atoms. The monoisotopic (exact) mass is 477 g/mol. The van der Waals surface area contributed by atoms with Gasteiger partial charge in [0.2, 0.25) is 15.9 Å². The van der Waals surface area contributed by atoms with Gasteiger partial charge in [-0.3, -0.25) is 9.69 Å². The Morgan fingerprint density at radius 3 is 2.45 bits per heavy atom. The number of carbonyl (C=O) groups excluding carboxylic acids is 1. The van der Waals surface area contributed by atoms with Crippen molar-refractivity contribution < 1.29 is 13.2 Å². The molecule has 1 N–H and O–H groups in total. The van der Waals surface area contributed by atoms with Gasteiger partial charge >= 0.3 is 0 Å². The molecule has 8 nitrogen and oxygen atoms in total. The summed E-state index contributed by atoms with van der Waals surface area (Å²) < 4.78 is 29.1. The minimum Gasteiger partial charge on any atom is -0.354 e. The molecule has 1 amide bonds. The lowest BCUT2D eigenvalue weighted by atomic mass is 9.98. The molecule has 0 unspecified atom stereocenters. The molecular weight excluding hydrogens is 438 g/mol. The van der Waals surface area contributed by atoms with Crippen molar-refractivity contribution in [3.8, 4) is 0 Å². The minimum atomic E-state index is -3.54. The van der Waals surface area contributed by atoms with Crippen LogP contribution in [0.4, 0.5) is 0 Å². The predicted molar refractivity (Wildman–Crippen MR) is 132 cm³/mol. The van der Waals surface area contributed by atoms with Crippen LogP contribution in [0.5, 0.6) is 0 Å². The summed E-state index contributed by atoms with van der Waals surface area (Å²) in [6, 6.07) is 5.06. The third kappa shape index (κ3) is 5.75. The zero-order valence-corrected chi connectivity index (χ0v) is 21.5. The Balaban J connectivity index is 1.64. The number of sulfonamides is 1. The van der Waals surface area contributed by atoms with Crippen molar-refractivity contribution >= 4 is 27.0 Å². The van der Waals surface area contributed by atoms with E-state index in [4.69, 9.17) is 0 Å². The molecule has 9 heteroatoms. The molecule has 1 saturated heterocycles. The number of hydrogen-bond acceptors (Lipinski definition) is 5. The molecule has 2 aromatic rings. The van der Waals surface area contributed by atoms with Crippen molar-refractivity contribution in [1.82, 2.24) is 24.1 Å². The van der Waals surface area contributed by atoms with E-state index < -0.39 is 10.0 Å². The normalized spacial score (nSPS) is 15.9. The summed E-state index contributed by atoms with van der Waals surface area (Å²) in [7, 11) is -1.63. The topological polar surface area (TPSA) is 87.5 Å². The highest BCUT2D eigenvalue weighted by atomic mass is 32.2. The number of piperidine rings is 1. The average Bonchev–Trinajstić information content (AvgIpc) is 3.12. The smallest absolute Gasteiger partial charge is 0.243 e. The van der Waals surface area contributed by atoms with Gasteiger partial charge in [0.05, 0.1) is 15.9 Å². The van der Waals surface area contributed by atoms with Gasteiger partial charge in [0.15, 0.2) is 0 Å². The summed E-state index contributed by atoms with van der Waals surface area (Å²) in [5, 5.41) is 3.10. The lowest BCUT2D eigenvalue weighted by Crippen LogP contribution is -2.53. The van der Waals surface area contributed by atoms with Crippen LogP contribution in [0.1, 0.15) is 59.2 Å². The van der Waals surface area contributed by atoms with Gasteiger partial charge in [-0.2, -0.15) is 4.31 Å². The summed E-state index contributed by atoms with van der Waals surface area (Å²) >= 11 is 0. The van der Waals surface area contributed by atoms with Gasteiger partial charge in [-0.15, -0.1) is 0 Å². The van der Waals surface area contributed by atoms with Crippen molar-refractivity contribution in [2.24, 2.45) is 7.05 Å². The highest BCUT2D eigenvalue weighted by molar-refractivity contribution is 7.89. The molecule has 33 heavy (non-hydrogen) atoms. The number of fused-ring (bicyclic) bond motifs is 1. The Morgan fingerprint density at radius 1 is 1.15 bits per heavy atom. The number of imidazole rings is 1. The van der Waals surface area contributed by atoms with E-state index in [-0.39, 0.29) is 16.3 Å². The van der Waals surface area contributed by atoms with Crippen LogP contribution >= 0.6 is 0 Å². The summed E-state index contributed by atoms with van der Waals surface area (Å²) in [6.07, 6.45) is 4.58. The number of benzene rings is 1. The lowest BCUT2D eigenvalue weighted by molar-refractivity contribution is -0.121. The fourth-order valence-electron chi connectivity index (χ4n) is 4.57. The van der Waals surface area contributed by atoms with Gasteiger partial charge in [-0.05, 0) is 58.0 Å². The van der Waals surface area contributed by atoms with Gasteiger partial charge in [0, 0.05) is 45.1 Å². The van der Waals surface area contributed by atoms with E-state index in [1.807, 2.05) is 25.5 Å². The molecule has 1 aromatic carbocycles. The Hall–Kier alpha value is -1.97. The maximum absolute atomic E-state index is 12.8. The first-order chi connectivity index (χ1) is 15.6. The molecule has 0 bridgehead atoms. The highest BCUT2D eigenvalue weighted by Crippen LogP contribution is 2.23. The molecule has 0 radical (unpaired) electrons. The predicted octanol–water partition coefficient (Wildman–Crippen LogP) is 2.92. The van der Waals surface area contributed by atoms with Crippen LogP contribution in [0.3, 0.4) is 0 Å². The molecule has 2 heterocycles. The van der Waals surface area contributed by atoms with E-state index in [1.54, 1.807) is 18.2 Å². The van der Waals surface area contributed by atoms with Crippen LogP contribution in [-0.2, 0) is 28.3 Å². The molecule has 1 aliphatic heterocycles. The van der Waals surface area contributed by atoms with E-state index in [2.05, 4.69) is 29.0 Å². The zero-order chi connectivity index (χ0) is 24.2. The van der Waals surface area contributed by atoms with Gasteiger partial charge in [-0.1, -0.05) is 20.3 Å². The number of carbonyl (C=O) groups is 1. The summed E-state index contributed by atoms with van der Waals surface area (Å²) in [5.74, 6) is 0.782. The van der Waals surface area contributed by atoms with E-state index >= 15 is 0 Å². The van der Waals surface area contributed by atoms with Crippen molar-refractivity contribution in [1.29, 1.82) is 0 Å². The van der Waals surface area contributed by atoms with Gasteiger partial charge in [-0.25, -0.2) is 13.4 Å². The second-order valence-corrected chi connectivity index (χ2v) is 11.4. The number of rotatable bonds is 10. The van der Waals surface area contributed by atoms with Crippen molar-refractivity contribution in [3.63, 3.8) is 0 Å². The first kappa shape index (κ1) is 25.6. The quantitative estimate of drug-likeness (QED) is 0.569. The van der Waals surface area contributed by atoms with Crippen molar-refractivity contribution in [2.45, 2.75) is 70.2 Å². The lowest BCUT2D eigenvalue weighted by Gasteiger charge is -2.41. The van der Waals surface area contributed by atoms with Gasteiger partial charge < -0.3 is 9.88 Å². The molecule has 3 rings (SSSR count). The first-order valence-electron chi connectivity index (χ1n) is 12.1. The second-order valence-electron chi connectivity index (χ2n) is 9.46. The molecular formula is C24H39N5O3S. The molecule has 0 aliphatic carbocycles. The number of likely N-dealkylation sites (tertiary alicyclic amines) is 1. The maximum atomic E-state index is 12.8. The van der Waals surface area contributed by atoms with Crippen LogP contribution < -0.4 is 5.32 Å². The second kappa shape index (κ2) is 10.5. The Morgan fingerprint density at radius 2 is 1.82 bits per heavy atom. The van der Waals surface area contributed by atoms with Crippen LogP contribution in [0, 0.1) is 0 Å². The molecule has 1 aromatic heterocycles. The third-order valence-electron chi connectivity index (χ3n) is 6.79. The summed E-state index contributed by atoms with van der Waals surface area (Å²) in [5.41, 5.74) is 1.43. The van der Waals surface area contributed by atoms with Gasteiger partial charge in [0.1, 0.15) is 5.82 Å². The minimum absolute atomic E-state index is 0.0111. The first-order valence-corrected chi connectivity index (χ1v) is 13.5. The van der Waals surface area contributed by atoms with E-state index in [9.17, 15) is 13.2 Å². The number of aryl methyl sites for hydroxylation is 2. The van der Waals surface area contributed by atoms with Crippen LogP contribution in [-0.4, -0.2) is 71.3 Å². The number of amides is 1. The summed E-state index contributed by atoms with van der Waals surface area (Å²) in [6.45, 7) is 11.7. The van der Waals surface area contributed by atoms with Crippen molar-refractivity contribution in [3.05, 3.63) is 24.0 Å². The third-order valence-corrected chi connectivity index (χ3v) is 8.84. The van der Waals surface area contributed by atoms with Gasteiger partial charge in [0.25, 0.3) is 0 Å². The largest absolute Gasteiger partial charge is 0.354 e. The summed E-state index contributed by atoms with van der Waals surface area (Å²) in [4.78, 5) is 19.9. The molecule has 1 fully saturated rings. The molecule has 0 saturated carbocycles. The fraction of sp³-hybridized carbons (Fsp3) is 0.667. The number of aromatic nitrogens is 2. The molecule has 1 aliphatic rings. The standard InChI is InChI=1S/C24H39N5O3S/c1-6-29(7-2)33(31,32)19-11-12-21-20(17-19)26-22(27(21)5)13-14-23(30)25-18-24(3,4)28-15-9-8-10-16-28/h11-12,17H,6-10,13-16,18H2,1-5H3,(H,25,30). The van der Waals surface area contributed by atoms with E-state index in [1.165, 1.54) is 23.6 Å². The van der Waals surface area contributed by atoms with E-state index in [0.717, 1.165) is 24.4 Å². The molecule has 184 valence electrons.